The van der Waals surface area contributed by atoms with Crippen molar-refractivity contribution in [1.29, 1.82) is 0 Å². The summed E-state index contributed by atoms with van der Waals surface area (Å²) in [5, 5.41) is 2.91. The lowest BCUT2D eigenvalue weighted by Crippen LogP contribution is -2.47. The molecule has 5 heteroatoms. The molecule has 1 fully saturated rings. The monoisotopic (exact) mass is 275 g/mol. The Labute approximate surface area is 119 Å². The molecule has 2 amide bonds. The molecule has 108 valence electrons. The van der Waals surface area contributed by atoms with Crippen LogP contribution in [0.2, 0.25) is 0 Å². The van der Waals surface area contributed by atoms with Gasteiger partial charge >= 0.3 is 0 Å². The summed E-state index contributed by atoms with van der Waals surface area (Å²) in [4.78, 5) is 25.7. The molecule has 1 atom stereocenters. The molecule has 0 bridgehead atoms. The van der Waals surface area contributed by atoms with Crippen LogP contribution in [0, 0.1) is 5.92 Å². The van der Waals surface area contributed by atoms with E-state index in [4.69, 9.17) is 5.73 Å². The molecule has 0 spiro atoms. The van der Waals surface area contributed by atoms with Crippen molar-refractivity contribution in [2.45, 2.75) is 25.8 Å². The van der Waals surface area contributed by atoms with Gasteiger partial charge in [0.25, 0.3) is 0 Å². The number of nitrogens with one attached hydrogen (secondary N) is 1. The van der Waals surface area contributed by atoms with Crippen LogP contribution in [0.4, 0.5) is 5.69 Å². The zero-order valence-corrected chi connectivity index (χ0v) is 11.7. The van der Waals surface area contributed by atoms with Crippen molar-refractivity contribution in [3.05, 3.63) is 30.3 Å². The highest BCUT2D eigenvalue weighted by Crippen LogP contribution is 2.19. The minimum absolute atomic E-state index is 0.0316. The van der Waals surface area contributed by atoms with E-state index >= 15 is 0 Å². The van der Waals surface area contributed by atoms with Crippen LogP contribution in [0.15, 0.2) is 30.3 Å². The third kappa shape index (κ3) is 3.57. The minimum Gasteiger partial charge on any atom is -0.341 e. The van der Waals surface area contributed by atoms with Gasteiger partial charge in [0.1, 0.15) is 0 Å². The molecular weight excluding hydrogens is 254 g/mol. The van der Waals surface area contributed by atoms with Crippen molar-refractivity contribution < 1.29 is 9.59 Å². The average molecular weight is 275 g/mol. The van der Waals surface area contributed by atoms with Crippen molar-refractivity contribution >= 4 is 17.5 Å². The molecule has 20 heavy (non-hydrogen) atoms. The quantitative estimate of drug-likeness (QED) is 0.870. The maximum atomic E-state index is 12.1. The van der Waals surface area contributed by atoms with Crippen molar-refractivity contribution in [2.24, 2.45) is 11.7 Å². The van der Waals surface area contributed by atoms with Crippen molar-refractivity contribution in [1.82, 2.24) is 4.90 Å². The second-order valence-electron chi connectivity index (χ2n) is 5.24. The predicted octanol–water partition coefficient (Wildman–Crippen LogP) is 1.21. The van der Waals surface area contributed by atoms with Gasteiger partial charge in [-0.25, -0.2) is 0 Å². The molecule has 3 N–H and O–H groups in total. The van der Waals surface area contributed by atoms with Crippen LogP contribution in [0.25, 0.3) is 0 Å². The Balaban J connectivity index is 1.84. The molecule has 0 aliphatic carbocycles. The molecule has 0 aromatic heterocycles. The molecule has 0 radical (unpaired) electrons. The van der Waals surface area contributed by atoms with Gasteiger partial charge in [-0.3, -0.25) is 9.59 Å². The van der Waals surface area contributed by atoms with Crippen LogP contribution < -0.4 is 11.1 Å². The van der Waals surface area contributed by atoms with Gasteiger partial charge in [0, 0.05) is 24.7 Å². The summed E-state index contributed by atoms with van der Waals surface area (Å²) in [7, 11) is 0. The largest absolute Gasteiger partial charge is 0.341 e. The number of nitrogens with two attached hydrogens (primary N) is 1. The Kier molecular flexibility index (Phi) is 4.74. The highest BCUT2D eigenvalue weighted by Gasteiger charge is 2.28. The Morgan fingerprint density at radius 2 is 1.85 bits per heavy atom. The topological polar surface area (TPSA) is 75.4 Å². The third-order valence-corrected chi connectivity index (χ3v) is 3.61. The van der Waals surface area contributed by atoms with Crippen molar-refractivity contribution in [3.8, 4) is 0 Å². The van der Waals surface area contributed by atoms with E-state index in [2.05, 4.69) is 5.32 Å². The number of rotatable bonds is 3. The lowest BCUT2D eigenvalue weighted by Gasteiger charge is -2.32. The first-order valence-electron chi connectivity index (χ1n) is 6.98. The lowest BCUT2D eigenvalue weighted by atomic mass is 9.95. The predicted molar refractivity (Wildman–Crippen MR) is 78.0 cm³/mol. The Morgan fingerprint density at radius 1 is 1.25 bits per heavy atom. The average Bonchev–Trinajstić information content (AvgIpc) is 2.47. The molecule has 5 nitrogen and oxygen atoms in total. The summed E-state index contributed by atoms with van der Waals surface area (Å²) < 4.78 is 0. The summed E-state index contributed by atoms with van der Waals surface area (Å²) in [6.45, 7) is 2.90. The fourth-order valence-electron chi connectivity index (χ4n) is 2.42. The van der Waals surface area contributed by atoms with Crippen LogP contribution in [0.1, 0.15) is 19.8 Å². The van der Waals surface area contributed by atoms with E-state index in [1.54, 1.807) is 11.8 Å². The number of amides is 2. The summed E-state index contributed by atoms with van der Waals surface area (Å²) in [5.74, 6) is -0.0386. The number of carbonyl (C=O) groups excluding carboxylic acids is 2. The van der Waals surface area contributed by atoms with Gasteiger partial charge in [-0.2, -0.15) is 0 Å². The number of nitrogens with zero attached hydrogens (tertiary/aromatic N) is 1. The van der Waals surface area contributed by atoms with E-state index in [1.165, 1.54) is 0 Å². The first-order valence-corrected chi connectivity index (χ1v) is 6.98. The van der Waals surface area contributed by atoms with Crippen LogP contribution in [0.3, 0.4) is 0 Å². The molecule has 1 heterocycles. The first kappa shape index (κ1) is 14.5. The highest BCUT2D eigenvalue weighted by molar-refractivity contribution is 5.92. The molecule has 0 saturated carbocycles. The summed E-state index contributed by atoms with van der Waals surface area (Å²) >= 11 is 0. The van der Waals surface area contributed by atoms with Crippen molar-refractivity contribution in [3.63, 3.8) is 0 Å². The minimum atomic E-state index is -0.468. The maximum absolute atomic E-state index is 12.1. The number of likely N-dealkylation sites (tertiary alicyclic amines) is 1. The number of carbonyl (C=O) groups is 2. The smallest absolute Gasteiger partial charge is 0.239 e. The standard InChI is InChI=1S/C15H21N3O2/c1-11(16)15(20)18-9-7-12(8-10-18)14(19)17-13-5-3-2-4-6-13/h2-6,11-12H,7-10,16H2,1H3,(H,17,19)/t11-/m1/s1. The van der Waals surface area contributed by atoms with E-state index in [0.717, 1.165) is 5.69 Å². The summed E-state index contributed by atoms with van der Waals surface area (Å²) in [5.41, 5.74) is 6.40. The number of hydrogen-bond donors (Lipinski definition) is 2. The number of anilines is 1. The molecule has 1 aromatic rings. The van der Waals surface area contributed by atoms with Crippen LogP contribution in [-0.2, 0) is 9.59 Å². The molecular formula is C15H21N3O2. The van der Waals surface area contributed by atoms with Crippen LogP contribution >= 0.6 is 0 Å². The van der Waals surface area contributed by atoms with Gasteiger partial charge in [-0.05, 0) is 31.9 Å². The second-order valence-corrected chi connectivity index (χ2v) is 5.24. The summed E-state index contributed by atoms with van der Waals surface area (Å²) in [6, 6.07) is 8.95. The van der Waals surface area contributed by atoms with E-state index < -0.39 is 6.04 Å². The second kappa shape index (κ2) is 6.52. The molecule has 1 aromatic carbocycles. The molecule has 2 rings (SSSR count). The van der Waals surface area contributed by atoms with Gasteiger partial charge in [0.15, 0.2) is 0 Å². The third-order valence-electron chi connectivity index (χ3n) is 3.61. The van der Waals surface area contributed by atoms with E-state index in [0.29, 0.717) is 25.9 Å². The SMILES string of the molecule is C[C@@H](N)C(=O)N1CCC(C(=O)Nc2ccccc2)CC1. The normalized spacial score (nSPS) is 17.6. The first-order chi connectivity index (χ1) is 9.58. The van der Waals surface area contributed by atoms with Crippen LogP contribution in [0.5, 0.6) is 0 Å². The van der Waals surface area contributed by atoms with Crippen molar-refractivity contribution in [2.75, 3.05) is 18.4 Å². The zero-order valence-electron chi connectivity index (χ0n) is 11.7. The van der Waals surface area contributed by atoms with E-state index in [-0.39, 0.29) is 17.7 Å². The molecule has 1 saturated heterocycles. The summed E-state index contributed by atoms with van der Waals surface area (Å²) in [6.07, 6.45) is 1.38. The zero-order chi connectivity index (χ0) is 14.5. The molecule has 0 unspecified atom stereocenters. The number of para-hydroxylation sites is 1. The number of piperidine rings is 1. The van der Waals surface area contributed by atoms with Gasteiger partial charge in [0.2, 0.25) is 11.8 Å². The van der Waals surface area contributed by atoms with E-state index in [9.17, 15) is 9.59 Å². The Bertz CT molecular complexity index is 465. The van der Waals surface area contributed by atoms with Gasteiger partial charge < -0.3 is 16.0 Å². The Morgan fingerprint density at radius 3 is 2.40 bits per heavy atom. The number of benzene rings is 1. The fraction of sp³-hybridized carbons (Fsp3) is 0.467. The molecule has 1 aliphatic heterocycles. The van der Waals surface area contributed by atoms with Gasteiger partial charge in [-0.1, -0.05) is 18.2 Å². The maximum Gasteiger partial charge on any atom is 0.239 e. The van der Waals surface area contributed by atoms with Crippen LogP contribution in [-0.4, -0.2) is 35.8 Å². The molecule has 1 aliphatic rings. The van der Waals surface area contributed by atoms with E-state index in [1.807, 2.05) is 30.3 Å². The van der Waals surface area contributed by atoms with Gasteiger partial charge in [0.05, 0.1) is 6.04 Å². The highest BCUT2D eigenvalue weighted by atomic mass is 16.2. The number of hydrogen-bond acceptors (Lipinski definition) is 3. The van der Waals surface area contributed by atoms with Gasteiger partial charge in [-0.15, -0.1) is 0 Å². The fourth-order valence-corrected chi connectivity index (χ4v) is 2.42. The Hall–Kier alpha value is -1.88. The lowest BCUT2D eigenvalue weighted by molar-refractivity contribution is -0.135.